The molecule has 1 N–H and O–H groups in total. The van der Waals surface area contributed by atoms with Crippen molar-refractivity contribution in [2.75, 3.05) is 25.0 Å². The third kappa shape index (κ3) is 3.12. The van der Waals surface area contributed by atoms with Crippen LogP contribution in [-0.4, -0.2) is 44.3 Å². The lowest BCUT2D eigenvalue weighted by molar-refractivity contribution is -0.0454. The molecule has 3 aromatic rings. The topological polar surface area (TPSA) is 47.2 Å². The van der Waals surface area contributed by atoms with Gasteiger partial charge in [-0.3, -0.25) is 4.90 Å². The summed E-state index contributed by atoms with van der Waals surface area (Å²) < 4.78 is 11.1. The fraction of sp³-hybridized carbons (Fsp3) is 0.458. The molecule has 0 unspecified atom stereocenters. The molecule has 6 rings (SSSR count). The quantitative estimate of drug-likeness (QED) is 0.658. The van der Waals surface area contributed by atoms with E-state index in [-0.39, 0.29) is 11.1 Å². The number of benzene rings is 1. The van der Waals surface area contributed by atoms with Crippen LogP contribution in [0.3, 0.4) is 0 Å². The van der Waals surface area contributed by atoms with Gasteiger partial charge in [0, 0.05) is 50.0 Å². The smallest absolute Gasteiger partial charge is 0.104 e. The molecule has 3 aliphatic heterocycles. The molecule has 162 valence electrons. The molecule has 2 saturated heterocycles. The highest BCUT2D eigenvalue weighted by Gasteiger charge is 2.53. The summed E-state index contributed by atoms with van der Waals surface area (Å²) in [5, 5.41) is 4.59. The first-order valence-electron chi connectivity index (χ1n) is 11.2. The number of anilines is 1. The molecule has 0 aliphatic carbocycles. The molecule has 0 saturated carbocycles. The van der Waals surface area contributed by atoms with Gasteiger partial charge in [0.25, 0.3) is 0 Å². The van der Waals surface area contributed by atoms with Crippen molar-refractivity contribution >= 4 is 17.3 Å². The zero-order chi connectivity index (χ0) is 21.1. The number of nitrogens with zero attached hydrogens (tertiary/aromatic N) is 4. The monoisotopic (exact) mass is 437 g/mol. The molecular weight excluding hydrogens is 410 g/mol. The molecule has 3 aliphatic rings. The highest BCUT2D eigenvalue weighted by molar-refractivity contribution is 6.31. The molecule has 0 amide bonds. The maximum Gasteiger partial charge on any atom is 0.104 e. The second kappa shape index (κ2) is 7.12. The van der Waals surface area contributed by atoms with Crippen molar-refractivity contribution in [1.82, 2.24) is 19.0 Å². The van der Waals surface area contributed by atoms with Gasteiger partial charge in [-0.15, -0.1) is 0 Å². The van der Waals surface area contributed by atoms with Gasteiger partial charge in [0.05, 0.1) is 41.3 Å². The molecular formula is C24H28ClN5O. The van der Waals surface area contributed by atoms with Crippen molar-refractivity contribution in [1.29, 1.82) is 0 Å². The number of hydrogen-bond acceptors (Lipinski definition) is 4. The molecule has 1 aromatic carbocycles. The molecule has 2 aromatic heterocycles. The summed E-state index contributed by atoms with van der Waals surface area (Å²) in [5.74, 6) is 0. The molecule has 2 spiro atoms. The van der Waals surface area contributed by atoms with Gasteiger partial charge in [0.1, 0.15) is 5.54 Å². The second-order valence-corrected chi connectivity index (χ2v) is 9.66. The van der Waals surface area contributed by atoms with Gasteiger partial charge in [0.15, 0.2) is 0 Å². The van der Waals surface area contributed by atoms with Gasteiger partial charge in [-0.25, -0.2) is 4.98 Å². The van der Waals surface area contributed by atoms with Crippen LogP contribution < -0.4 is 5.32 Å². The average Bonchev–Trinajstić information content (AvgIpc) is 3.50. The van der Waals surface area contributed by atoms with Crippen molar-refractivity contribution in [3.05, 3.63) is 65.5 Å². The molecule has 2 fully saturated rings. The Morgan fingerprint density at radius 3 is 2.94 bits per heavy atom. The Kier molecular flexibility index (Phi) is 4.46. The first-order valence-corrected chi connectivity index (χ1v) is 11.6. The van der Waals surface area contributed by atoms with E-state index in [4.69, 9.17) is 16.3 Å². The number of likely N-dealkylation sites (tertiary alicyclic amines) is 1. The first kappa shape index (κ1) is 19.4. The number of hydrogen-bond donors (Lipinski definition) is 1. The molecule has 1 atom stereocenters. The third-order valence-corrected chi connectivity index (χ3v) is 7.61. The van der Waals surface area contributed by atoms with Gasteiger partial charge in [-0.2, -0.15) is 0 Å². The fourth-order valence-corrected chi connectivity index (χ4v) is 5.90. The Balaban J connectivity index is 1.21. The number of imidazole rings is 1. The number of rotatable bonds is 3. The molecule has 0 bridgehead atoms. The minimum absolute atomic E-state index is 0.0698. The number of halogens is 1. The van der Waals surface area contributed by atoms with Crippen LogP contribution in [0.15, 0.2) is 49.1 Å². The molecule has 5 heterocycles. The second-order valence-electron chi connectivity index (χ2n) is 9.23. The zero-order valence-corrected chi connectivity index (χ0v) is 18.6. The Bertz CT molecular complexity index is 1110. The van der Waals surface area contributed by atoms with Gasteiger partial charge in [0.2, 0.25) is 0 Å². The lowest BCUT2D eigenvalue weighted by Crippen LogP contribution is -2.46. The van der Waals surface area contributed by atoms with Crippen molar-refractivity contribution < 1.29 is 4.74 Å². The fourth-order valence-electron chi connectivity index (χ4n) is 5.73. The summed E-state index contributed by atoms with van der Waals surface area (Å²) in [7, 11) is 0. The number of aryl methyl sites for hydroxylation is 1. The van der Waals surface area contributed by atoms with E-state index in [1.165, 1.54) is 11.4 Å². The minimum Gasteiger partial charge on any atom is -0.372 e. The number of fused-ring (bicyclic) bond motifs is 4. The van der Waals surface area contributed by atoms with E-state index in [1.807, 2.05) is 24.7 Å². The van der Waals surface area contributed by atoms with Crippen molar-refractivity contribution in [2.24, 2.45) is 0 Å². The van der Waals surface area contributed by atoms with Crippen LogP contribution in [0.1, 0.15) is 37.6 Å². The molecule has 31 heavy (non-hydrogen) atoms. The van der Waals surface area contributed by atoms with Gasteiger partial charge < -0.3 is 19.2 Å². The predicted octanol–water partition coefficient (Wildman–Crippen LogP) is 4.42. The summed E-state index contributed by atoms with van der Waals surface area (Å²) >= 11 is 6.32. The van der Waals surface area contributed by atoms with Crippen LogP contribution in [-0.2, 0) is 23.4 Å². The summed E-state index contributed by atoms with van der Waals surface area (Å²) in [4.78, 5) is 6.86. The summed E-state index contributed by atoms with van der Waals surface area (Å²) in [6.45, 7) is 6.88. The lowest BCUT2D eigenvalue weighted by atomic mass is 9.79. The Morgan fingerprint density at radius 1 is 1.23 bits per heavy atom. The largest absolute Gasteiger partial charge is 0.372 e. The standard InChI is InChI=1S/C24H28ClN5O/c1-2-29-17-26-13-19(29)14-28-10-7-23(8-11-28)15-24(16-31-23)22-4-3-9-30(22)21-6-5-18(25)12-20(21)27-24/h3-6,9,12-13,17,27H,2,7-8,10-11,14-16H2,1H3/t24-/m0/s1. The van der Waals surface area contributed by atoms with E-state index < -0.39 is 0 Å². The summed E-state index contributed by atoms with van der Waals surface area (Å²) in [6.07, 6.45) is 9.17. The third-order valence-electron chi connectivity index (χ3n) is 7.37. The summed E-state index contributed by atoms with van der Waals surface area (Å²) in [5.41, 5.74) is 4.54. The van der Waals surface area contributed by atoms with Crippen molar-refractivity contribution in [2.45, 2.75) is 50.4 Å². The van der Waals surface area contributed by atoms with Crippen molar-refractivity contribution in [3.8, 4) is 5.69 Å². The van der Waals surface area contributed by atoms with E-state index in [0.29, 0.717) is 6.61 Å². The van der Waals surface area contributed by atoms with Crippen LogP contribution in [0.4, 0.5) is 5.69 Å². The average molecular weight is 438 g/mol. The molecule has 7 heteroatoms. The van der Waals surface area contributed by atoms with Gasteiger partial charge in [-0.05, 0) is 50.1 Å². The first-order chi connectivity index (χ1) is 15.1. The van der Waals surface area contributed by atoms with Gasteiger partial charge >= 0.3 is 0 Å². The normalized spacial score (nSPS) is 24.3. The number of aromatic nitrogens is 3. The maximum atomic E-state index is 6.62. The maximum absolute atomic E-state index is 6.62. The Morgan fingerprint density at radius 2 is 2.10 bits per heavy atom. The number of nitrogens with one attached hydrogen (secondary N) is 1. The molecule has 0 radical (unpaired) electrons. The Hall–Kier alpha value is -2.28. The predicted molar refractivity (Wildman–Crippen MR) is 122 cm³/mol. The van der Waals surface area contributed by atoms with E-state index in [0.717, 1.165) is 61.8 Å². The zero-order valence-electron chi connectivity index (χ0n) is 17.9. The number of ether oxygens (including phenoxy) is 1. The van der Waals surface area contributed by atoms with Crippen LogP contribution in [0.2, 0.25) is 5.02 Å². The van der Waals surface area contributed by atoms with Gasteiger partial charge in [-0.1, -0.05) is 11.6 Å². The summed E-state index contributed by atoms with van der Waals surface area (Å²) in [6, 6.07) is 10.4. The highest BCUT2D eigenvalue weighted by atomic mass is 35.5. The van der Waals surface area contributed by atoms with E-state index in [2.05, 4.69) is 55.7 Å². The highest BCUT2D eigenvalue weighted by Crippen LogP contribution is 2.50. The number of piperidine rings is 1. The van der Waals surface area contributed by atoms with E-state index in [9.17, 15) is 0 Å². The minimum atomic E-state index is -0.204. The van der Waals surface area contributed by atoms with Crippen LogP contribution in [0.5, 0.6) is 0 Å². The van der Waals surface area contributed by atoms with Crippen LogP contribution in [0.25, 0.3) is 5.69 Å². The SMILES string of the molecule is CCn1cncc1CN1CCC2(CC1)C[C@@]1(CO2)Nc2cc(Cl)ccc2-n2cccc21. The van der Waals surface area contributed by atoms with Crippen LogP contribution >= 0.6 is 11.6 Å². The molecule has 6 nitrogen and oxygen atoms in total. The van der Waals surface area contributed by atoms with Crippen molar-refractivity contribution in [3.63, 3.8) is 0 Å². The van der Waals surface area contributed by atoms with Crippen LogP contribution in [0, 0.1) is 0 Å². The van der Waals surface area contributed by atoms with E-state index in [1.54, 1.807) is 0 Å². The lowest BCUT2D eigenvalue weighted by Gasteiger charge is -2.41. The van der Waals surface area contributed by atoms with E-state index >= 15 is 0 Å². The Labute approximate surface area is 187 Å².